The molecule has 1 saturated heterocycles. The Bertz CT molecular complexity index is 1330. The third-order valence-corrected chi connectivity index (χ3v) is 6.85. The predicted octanol–water partition coefficient (Wildman–Crippen LogP) is 6.02. The van der Waals surface area contributed by atoms with Crippen LogP contribution < -0.4 is 9.64 Å². The third kappa shape index (κ3) is 4.40. The number of aromatic nitrogens is 2. The van der Waals surface area contributed by atoms with Crippen LogP contribution in [0.2, 0.25) is 0 Å². The highest BCUT2D eigenvalue weighted by atomic mass is 79.9. The molecule has 3 aromatic carbocycles. The van der Waals surface area contributed by atoms with Crippen LogP contribution in [-0.2, 0) is 11.3 Å². The zero-order valence-electron chi connectivity index (χ0n) is 18.8. The van der Waals surface area contributed by atoms with Crippen molar-refractivity contribution in [2.75, 3.05) is 18.1 Å². The summed E-state index contributed by atoms with van der Waals surface area (Å²) in [6.07, 6.45) is 0.452. The van der Waals surface area contributed by atoms with Gasteiger partial charge >= 0.3 is 0 Å². The van der Waals surface area contributed by atoms with E-state index in [1.807, 2.05) is 53.4 Å². The van der Waals surface area contributed by atoms with Crippen molar-refractivity contribution >= 4 is 38.6 Å². The first kappa shape index (κ1) is 21.7. The maximum atomic E-state index is 12.9. The summed E-state index contributed by atoms with van der Waals surface area (Å²) in [5.74, 6) is 1.99. The van der Waals surface area contributed by atoms with E-state index in [4.69, 9.17) is 9.72 Å². The molecule has 1 aromatic heterocycles. The molecular formula is C27H26BrN3O2. The van der Waals surface area contributed by atoms with E-state index in [-0.39, 0.29) is 11.8 Å². The first-order valence-electron chi connectivity index (χ1n) is 11.2. The number of hydrogen-bond acceptors (Lipinski definition) is 3. The monoisotopic (exact) mass is 503 g/mol. The lowest BCUT2D eigenvalue weighted by Gasteiger charge is -2.18. The van der Waals surface area contributed by atoms with Crippen LogP contribution in [0.5, 0.6) is 5.75 Å². The van der Waals surface area contributed by atoms with Gasteiger partial charge in [0.25, 0.3) is 0 Å². The van der Waals surface area contributed by atoms with Crippen LogP contribution in [0.15, 0.2) is 71.2 Å². The molecule has 33 heavy (non-hydrogen) atoms. The number of carbonyl (C=O) groups is 1. The Morgan fingerprint density at radius 3 is 2.70 bits per heavy atom. The Kier molecular flexibility index (Phi) is 5.94. The number of hydrogen-bond donors (Lipinski definition) is 0. The third-order valence-electron chi connectivity index (χ3n) is 6.36. The van der Waals surface area contributed by atoms with E-state index in [0.29, 0.717) is 26.1 Å². The SMILES string of the molecule is Cc1ccc(OCCn2c(C3CC(=O)N(c4cccc(Br)c4)C3)nc3ccccc32)cc1C. The van der Waals surface area contributed by atoms with Gasteiger partial charge in [-0.05, 0) is 67.4 Å². The standard InChI is InChI=1S/C27H26BrN3O2/c1-18-10-11-23(14-19(18)2)33-13-12-30-25-9-4-3-8-24(25)29-27(30)20-15-26(32)31(17-20)22-7-5-6-21(28)16-22/h3-11,14,16,20H,12-13,15,17H2,1-2H3. The van der Waals surface area contributed by atoms with Crippen LogP contribution in [0.1, 0.15) is 29.3 Å². The molecular weight excluding hydrogens is 478 g/mol. The van der Waals surface area contributed by atoms with Crippen molar-refractivity contribution in [3.05, 3.63) is 88.2 Å². The summed E-state index contributed by atoms with van der Waals surface area (Å²) in [5, 5.41) is 0. The number of anilines is 1. The van der Waals surface area contributed by atoms with Crippen LogP contribution in [-0.4, -0.2) is 28.6 Å². The zero-order valence-corrected chi connectivity index (χ0v) is 20.4. The quantitative estimate of drug-likeness (QED) is 0.323. The van der Waals surface area contributed by atoms with Crippen molar-refractivity contribution in [1.82, 2.24) is 9.55 Å². The van der Waals surface area contributed by atoms with E-state index in [0.717, 1.165) is 32.8 Å². The van der Waals surface area contributed by atoms with E-state index in [1.165, 1.54) is 11.1 Å². The van der Waals surface area contributed by atoms with Gasteiger partial charge in [0.2, 0.25) is 5.91 Å². The molecule has 1 unspecified atom stereocenters. The topological polar surface area (TPSA) is 47.4 Å². The molecule has 0 spiro atoms. The zero-order chi connectivity index (χ0) is 22.9. The fourth-order valence-electron chi connectivity index (χ4n) is 4.47. The highest BCUT2D eigenvalue weighted by molar-refractivity contribution is 9.10. The van der Waals surface area contributed by atoms with Gasteiger partial charge in [-0.25, -0.2) is 4.98 Å². The lowest BCUT2D eigenvalue weighted by Crippen LogP contribution is -2.24. The number of aryl methyl sites for hydroxylation is 2. The molecule has 5 rings (SSSR count). The molecule has 1 fully saturated rings. The molecule has 2 heterocycles. The van der Waals surface area contributed by atoms with Gasteiger partial charge in [-0.15, -0.1) is 0 Å². The first-order valence-corrected chi connectivity index (χ1v) is 12.0. The van der Waals surface area contributed by atoms with Crippen LogP contribution >= 0.6 is 15.9 Å². The van der Waals surface area contributed by atoms with Crippen LogP contribution in [0.25, 0.3) is 11.0 Å². The van der Waals surface area contributed by atoms with Gasteiger partial charge in [0.15, 0.2) is 0 Å². The van der Waals surface area contributed by atoms with Gasteiger partial charge in [0, 0.05) is 29.0 Å². The maximum absolute atomic E-state index is 12.9. The summed E-state index contributed by atoms with van der Waals surface area (Å²) in [6, 6.07) is 22.2. The molecule has 1 aliphatic rings. The molecule has 0 radical (unpaired) electrons. The second-order valence-corrected chi connectivity index (χ2v) is 9.51. The highest BCUT2D eigenvalue weighted by Gasteiger charge is 2.34. The summed E-state index contributed by atoms with van der Waals surface area (Å²) < 4.78 is 9.26. The minimum Gasteiger partial charge on any atom is -0.492 e. The molecule has 1 aliphatic heterocycles. The van der Waals surface area contributed by atoms with Crippen molar-refractivity contribution in [2.45, 2.75) is 32.7 Å². The molecule has 4 aromatic rings. The van der Waals surface area contributed by atoms with E-state index in [1.54, 1.807) is 0 Å². The van der Waals surface area contributed by atoms with Gasteiger partial charge in [-0.2, -0.15) is 0 Å². The summed E-state index contributed by atoms with van der Waals surface area (Å²) in [5.41, 5.74) is 5.42. The van der Waals surface area contributed by atoms with Gasteiger partial charge in [0.1, 0.15) is 18.2 Å². The number of fused-ring (bicyclic) bond motifs is 1. The average molecular weight is 504 g/mol. The number of ether oxygens (including phenoxy) is 1. The minimum atomic E-state index is 0.0329. The maximum Gasteiger partial charge on any atom is 0.227 e. The lowest BCUT2D eigenvalue weighted by atomic mass is 10.1. The number of nitrogens with zero attached hydrogens (tertiary/aromatic N) is 3. The first-order chi connectivity index (χ1) is 16.0. The Labute approximate surface area is 202 Å². The van der Waals surface area contributed by atoms with Gasteiger partial charge in [-0.1, -0.05) is 40.2 Å². The minimum absolute atomic E-state index is 0.0329. The van der Waals surface area contributed by atoms with E-state index < -0.39 is 0 Å². The van der Waals surface area contributed by atoms with Gasteiger partial charge in [-0.3, -0.25) is 4.79 Å². The van der Waals surface area contributed by atoms with Crippen molar-refractivity contribution < 1.29 is 9.53 Å². The molecule has 1 atom stereocenters. The second-order valence-electron chi connectivity index (χ2n) is 8.59. The van der Waals surface area contributed by atoms with Gasteiger partial charge in [0.05, 0.1) is 17.6 Å². The fraction of sp³-hybridized carbons (Fsp3) is 0.259. The number of para-hydroxylation sites is 2. The number of imidazole rings is 1. The number of amides is 1. The molecule has 0 bridgehead atoms. The molecule has 0 N–H and O–H groups in total. The van der Waals surface area contributed by atoms with Crippen LogP contribution in [0.4, 0.5) is 5.69 Å². The molecule has 6 heteroatoms. The Balaban J connectivity index is 1.40. The van der Waals surface area contributed by atoms with E-state index in [9.17, 15) is 4.79 Å². The van der Waals surface area contributed by atoms with Crippen LogP contribution in [0.3, 0.4) is 0 Å². The largest absolute Gasteiger partial charge is 0.492 e. The average Bonchev–Trinajstić information content (AvgIpc) is 3.37. The van der Waals surface area contributed by atoms with E-state index >= 15 is 0 Å². The Hall–Kier alpha value is -3.12. The fourth-order valence-corrected chi connectivity index (χ4v) is 4.86. The summed E-state index contributed by atoms with van der Waals surface area (Å²) >= 11 is 3.51. The van der Waals surface area contributed by atoms with Crippen molar-refractivity contribution in [3.63, 3.8) is 0 Å². The van der Waals surface area contributed by atoms with Crippen LogP contribution in [0, 0.1) is 13.8 Å². The molecule has 0 saturated carbocycles. The van der Waals surface area contributed by atoms with E-state index in [2.05, 4.69) is 52.5 Å². The van der Waals surface area contributed by atoms with Gasteiger partial charge < -0.3 is 14.2 Å². The second kappa shape index (κ2) is 9.02. The predicted molar refractivity (Wildman–Crippen MR) is 135 cm³/mol. The number of rotatable bonds is 6. The highest BCUT2D eigenvalue weighted by Crippen LogP contribution is 2.34. The lowest BCUT2D eigenvalue weighted by molar-refractivity contribution is -0.117. The normalized spacial score (nSPS) is 16.0. The molecule has 0 aliphatic carbocycles. The summed E-state index contributed by atoms with van der Waals surface area (Å²) in [7, 11) is 0. The number of benzene rings is 3. The number of carbonyl (C=O) groups excluding carboxylic acids is 1. The summed E-state index contributed by atoms with van der Waals surface area (Å²) in [6.45, 7) is 6.02. The summed E-state index contributed by atoms with van der Waals surface area (Å²) in [4.78, 5) is 19.7. The molecule has 5 nitrogen and oxygen atoms in total. The molecule has 168 valence electrons. The number of halogens is 1. The Morgan fingerprint density at radius 2 is 1.88 bits per heavy atom. The molecule has 1 amide bonds. The Morgan fingerprint density at radius 1 is 1.03 bits per heavy atom. The smallest absolute Gasteiger partial charge is 0.227 e. The van der Waals surface area contributed by atoms with Crippen molar-refractivity contribution in [1.29, 1.82) is 0 Å². The van der Waals surface area contributed by atoms with Crippen molar-refractivity contribution in [3.8, 4) is 5.75 Å². The van der Waals surface area contributed by atoms with Crippen molar-refractivity contribution in [2.24, 2.45) is 0 Å².